The Balaban J connectivity index is 2.21. The molecule has 1 aromatic rings. The summed E-state index contributed by atoms with van der Waals surface area (Å²) in [5.74, 6) is -0.305. The Morgan fingerprint density at radius 1 is 1.53 bits per heavy atom. The van der Waals surface area contributed by atoms with Gasteiger partial charge < -0.3 is 15.5 Å². The number of hydrogen-bond donors (Lipinski definition) is 1. The van der Waals surface area contributed by atoms with Crippen LogP contribution in [0.1, 0.15) is 6.42 Å². The van der Waals surface area contributed by atoms with Crippen LogP contribution in [0.2, 0.25) is 0 Å². The number of anilines is 2. The molecule has 1 saturated heterocycles. The van der Waals surface area contributed by atoms with Crippen LogP contribution >= 0.6 is 0 Å². The number of halogens is 1. The van der Waals surface area contributed by atoms with E-state index in [-0.39, 0.29) is 11.9 Å². The third-order valence-corrected chi connectivity index (χ3v) is 2.66. The summed E-state index contributed by atoms with van der Waals surface area (Å²) in [6.45, 7) is 8.28. The molecule has 1 aliphatic rings. The first-order valence-electron chi connectivity index (χ1n) is 4.87. The van der Waals surface area contributed by atoms with Gasteiger partial charge in [-0.25, -0.2) is 11.0 Å². The Morgan fingerprint density at radius 3 is 2.93 bits per heavy atom. The molecule has 3 nitrogen and oxygen atoms in total. The van der Waals surface area contributed by atoms with Crippen molar-refractivity contribution >= 4 is 11.4 Å². The molecule has 1 unspecified atom stereocenters. The molecule has 1 aromatic carbocycles. The standard InChI is InChI=1S/C11H12FN3/c1-14-9-4-5-15(7-9)11-3-2-8(13)6-10(11)12/h2-3,6,9H,4-5,7,13H2. The lowest BCUT2D eigenvalue weighted by Gasteiger charge is -2.17. The smallest absolute Gasteiger partial charge is 0.242 e. The van der Waals surface area contributed by atoms with E-state index in [0.29, 0.717) is 17.9 Å². The van der Waals surface area contributed by atoms with Gasteiger partial charge >= 0.3 is 0 Å². The molecule has 0 saturated carbocycles. The SMILES string of the molecule is [C-]#[N+]C1CCN(c2ccc(N)cc2F)C1. The summed E-state index contributed by atoms with van der Waals surface area (Å²) < 4.78 is 13.5. The van der Waals surface area contributed by atoms with E-state index in [4.69, 9.17) is 12.3 Å². The maximum atomic E-state index is 13.5. The van der Waals surface area contributed by atoms with Gasteiger partial charge in [0.15, 0.2) is 0 Å². The van der Waals surface area contributed by atoms with E-state index in [1.807, 2.05) is 4.90 Å². The summed E-state index contributed by atoms with van der Waals surface area (Å²) in [7, 11) is 0. The zero-order valence-electron chi connectivity index (χ0n) is 8.28. The van der Waals surface area contributed by atoms with Crippen LogP contribution in [0.3, 0.4) is 0 Å². The van der Waals surface area contributed by atoms with Crippen LogP contribution in [0.5, 0.6) is 0 Å². The molecule has 2 N–H and O–H groups in total. The Kier molecular flexibility index (Phi) is 2.46. The lowest BCUT2D eigenvalue weighted by molar-refractivity contribution is 0.623. The number of rotatable bonds is 1. The molecular weight excluding hydrogens is 193 g/mol. The number of benzene rings is 1. The van der Waals surface area contributed by atoms with Gasteiger partial charge in [-0.1, -0.05) is 0 Å². The molecule has 1 fully saturated rings. The third kappa shape index (κ3) is 1.86. The van der Waals surface area contributed by atoms with E-state index in [2.05, 4.69) is 4.85 Å². The molecule has 0 bridgehead atoms. The van der Waals surface area contributed by atoms with E-state index < -0.39 is 0 Å². The first kappa shape index (κ1) is 9.78. The van der Waals surface area contributed by atoms with Crippen LogP contribution in [-0.2, 0) is 0 Å². The van der Waals surface area contributed by atoms with Gasteiger partial charge in [-0.05, 0) is 18.2 Å². The largest absolute Gasteiger partial charge is 0.399 e. The van der Waals surface area contributed by atoms with E-state index in [9.17, 15) is 4.39 Å². The zero-order valence-corrected chi connectivity index (χ0v) is 8.28. The lowest BCUT2D eigenvalue weighted by atomic mass is 10.2. The van der Waals surface area contributed by atoms with Gasteiger partial charge in [0.25, 0.3) is 0 Å². The van der Waals surface area contributed by atoms with Gasteiger partial charge in [0.1, 0.15) is 5.82 Å². The number of nitrogens with zero attached hydrogens (tertiary/aromatic N) is 2. The molecule has 15 heavy (non-hydrogen) atoms. The summed E-state index contributed by atoms with van der Waals surface area (Å²) in [6.07, 6.45) is 0.813. The van der Waals surface area contributed by atoms with Gasteiger partial charge in [-0.2, -0.15) is 0 Å². The Bertz CT molecular complexity index is 411. The van der Waals surface area contributed by atoms with Crippen LogP contribution in [0.25, 0.3) is 4.85 Å². The van der Waals surface area contributed by atoms with Gasteiger partial charge in [-0.15, -0.1) is 0 Å². The average Bonchev–Trinajstić information content (AvgIpc) is 2.66. The highest BCUT2D eigenvalue weighted by Gasteiger charge is 2.27. The van der Waals surface area contributed by atoms with E-state index >= 15 is 0 Å². The highest BCUT2D eigenvalue weighted by molar-refractivity contribution is 5.55. The molecule has 78 valence electrons. The lowest BCUT2D eigenvalue weighted by Crippen LogP contribution is -2.21. The van der Waals surface area contributed by atoms with Crippen LogP contribution in [0, 0.1) is 12.4 Å². The first-order chi connectivity index (χ1) is 7.20. The van der Waals surface area contributed by atoms with E-state index in [0.717, 1.165) is 13.0 Å². The van der Waals surface area contributed by atoms with Crippen LogP contribution in [0.15, 0.2) is 18.2 Å². The zero-order chi connectivity index (χ0) is 10.8. The highest BCUT2D eigenvalue weighted by Crippen LogP contribution is 2.26. The predicted molar refractivity (Wildman–Crippen MR) is 58.0 cm³/mol. The average molecular weight is 205 g/mol. The second-order valence-electron chi connectivity index (χ2n) is 3.73. The summed E-state index contributed by atoms with van der Waals surface area (Å²) in [6, 6.07) is 4.68. The van der Waals surface area contributed by atoms with Crippen molar-refractivity contribution in [1.29, 1.82) is 0 Å². The number of hydrogen-bond acceptors (Lipinski definition) is 2. The first-order valence-corrected chi connectivity index (χ1v) is 4.87. The minimum atomic E-state index is -0.305. The molecule has 0 amide bonds. The molecule has 1 aliphatic heterocycles. The quantitative estimate of drug-likeness (QED) is 0.561. The van der Waals surface area contributed by atoms with Gasteiger partial charge in [0.05, 0.1) is 12.2 Å². The maximum Gasteiger partial charge on any atom is 0.242 e. The molecule has 4 heteroatoms. The summed E-state index contributed by atoms with van der Waals surface area (Å²) >= 11 is 0. The fourth-order valence-electron chi connectivity index (χ4n) is 1.85. The third-order valence-electron chi connectivity index (χ3n) is 2.66. The van der Waals surface area contributed by atoms with Crippen molar-refractivity contribution in [3.8, 4) is 0 Å². The predicted octanol–water partition coefficient (Wildman–Crippen LogP) is 1.91. The van der Waals surface area contributed by atoms with E-state index in [1.54, 1.807) is 12.1 Å². The Morgan fingerprint density at radius 2 is 2.33 bits per heavy atom. The molecule has 1 heterocycles. The summed E-state index contributed by atoms with van der Waals surface area (Å²) in [4.78, 5) is 5.37. The van der Waals surface area contributed by atoms with Crippen LogP contribution < -0.4 is 10.6 Å². The topological polar surface area (TPSA) is 33.6 Å². The molecule has 0 radical (unpaired) electrons. The molecule has 0 spiro atoms. The molecule has 2 rings (SSSR count). The Hall–Kier alpha value is -1.76. The molecule has 0 aliphatic carbocycles. The van der Waals surface area contributed by atoms with Crippen molar-refractivity contribution in [1.82, 2.24) is 0 Å². The van der Waals surface area contributed by atoms with Crippen molar-refractivity contribution in [2.45, 2.75) is 12.5 Å². The van der Waals surface area contributed by atoms with E-state index in [1.165, 1.54) is 6.07 Å². The van der Waals surface area contributed by atoms with Crippen molar-refractivity contribution < 1.29 is 4.39 Å². The van der Waals surface area contributed by atoms with Gasteiger partial charge in [0, 0.05) is 18.7 Å². The van der Waals surface area contributed by atoms with Gasteiger partial charge in [-0.3, -0.25) is 0 Å². The fourth-order valence-corrected chi connectivity index (χ4v) is 1.85. The van der Waals surface area contributed by atoms with Gasteiger partial charge in [0.2, 0.25) is 6.04 Å². The fraction of sp³-hybridized carbons (Fsp3) is 0.364. The number of nitrogen functional groups attached to an aromatic ring is 1. The Labute approximate surface area is 88.1 Å². The second-order valence-corrected chi connectivity index (χ2v) is 3.73. The highest BCUT2D eigenvalue weighted by atomic mass is 19.1. The minimum absolute atomic E-state index is 0.00181. The van der Waals surface area contributed by atoms with Crippen molar-refractivity contribution in [2.24, 2.45) is 0 Å². The molecule has 0 aromatic heterocycles. The minimum Gasteiger partial charge on any atom is -0.399 e. The van der Waals surface area contributed by atoms with Crippen molar-refractivity contribution in [3.63, 3.8) is 0 Å². The second kappa shape index (κ2) is 3.77. The normalized spacial score (nSPS) is 20.3. The van der Waals surface area contributed by atoms with Crippen LogP contribution in [-0.4, -0.2) is 19.1 Å². The van der Waals surface area contributed by atoms with Crippen LogP contribution in [0.4, 0.5) is 15.8 Å². The number of nitrogens with two attached hydrogens (primary N) is 1. The maximum absolute atomic E-state index is 13.5. The monoisotopic (exact) mass is 205 g/mol. The summed E-state index contributed by atoms with van der Waals surface area (Å²) in [5, 5.41) is 0. The molecular formula is C11H12FN3. The van der Waals surface area contributed by atoms with Crippen molar-refractivity contribution in [2.75, 3.05) is 23.7 Å². The molecule has 1 atom stereocenters. The van der Waals surface area contributed by atoms with Crippen molar-refractivity contribution in [3.05, 3.63) is 35.4 Å². The summed E-state index contributed by atoms with van der Waals surface area (Å²) in [5.41, 5.74) is 6.45.